The Hall–Kier alpha value is -2.97. The highest BCUT2D eigenvalue weighted by atomic mass is 32.2. The molecular formula is C20H16N4O2S2. The van der Waals surface area contributed by atoms with Crippen molar-refractivity contribution in [3.8, 4) is 11.3 Å². The van der Waals surface area contributed by atoms with Gasteiger partial charge in [0.05, 0.1) is 5.75 Å². The van der Waals surface area contributed by atoms with Crippen molar-refractivity contribution in [1.29, 1.82) is 0 Å². The second kappa shape index (κ2) is 8.37. The van der Waals surface area contributed by atoms with E-state index in [-0.39, 0.29) is 5.91 Å². The molecule has 1 N–H and O–H groups in total. The van der Waals surface area contributed by atoms with Crippen LogP contribution in [0.5, 0.6) is 0 Å². The summed E-state index contributed by atoms with van der Waals surface area (Å²) in [5, 5.41) is 16.4. The fourth-order valence-electron chi connectivity index (χ4n) is 2.62. The molecule has 0 bridgehead atoms. The molecule has 0 aliphatic rings. The van der Waals surface area contributed by atoms with E-state index in [1.54, 1.807) is 18.7 Å². The van der Waals surface area contributed by atoms with Gasteiger partial charge in [0.15, 0.2) is 0 Å². The van der Waals surface area contributed by atoms with E-state index in [0.29, 0.717) is 27.9 Å². The number of thioether (sulfide) groups is 1. The van der Waals surface area contributed by atoms with Crippen LogP contribution in [0.2, 0.25) is 0 Å². The molecule has 0 spiro atoms. The smallest absolute Gasteiger partial charge is 0.263 e. The molecular weight excluding hydrogens is 392 g/mol. The third kappa shape index (κ3) is 4.13. The van der Waals surface area contributed by atoms with Crippen molar-refractivity contribution in [3.05, 3.63) is 77.0 Å². The SMILES string of the molecule is Cc1onc(-c2ccccc2)c1C(=O)Nc1nnc(CSc2ccccc2)s1. The van der Waals surface area contributed by atoms with Gasteiger partial charge in [-0.15, -0.1) is 22.0 Å². The van der Waals surface area contributed by atoms with Crippen LogP contribution in [0, 0.1) is 6.92 Å². The number of amides is 1. The quantitative estimate of drug-likeness (QED) is 0.450. The molecule has 0 aliphatic heterocycles. The van der Waals surface area contributed by atoms with Crippen LogP contribution in [-0.4, -0.2) is 21.3 Å². The van der Waals surface area contributed by atoms with E-state index in [4.69, 9.17) is 4.52 Å². The van der Waals surface area contributed by atoms with Gasteiger partial charge in [-0.1, -0.05) is 65.0 Å². The summed E-state index contributed by atoms with van der Waals surface area (Å²) >= 11 is 3.04. The molecule has 6 nitrogen and oxygen atoms in total. The second-order valence-electron chi connectivity index (χ2n) is 5.89. The van der Waals surface area contributed by atoms with E-state index in [1.165, 1.54) is 11.3 Å². The molecule has 0 saturated heterocycles. The van der Waals surface area contributed by atoms with E-state index in [2.05, 4.69) is 20.7 Å². The Morgan fingerprint density at radius 2 is 1.79 bits per heavy atom. The summed E-state index contributed by atoms with van der Waals surface area (Å²) in [6.07, 6.45) is 0. The topological polar surface area (TPSA) is 80.9 Å². The summed E-state index contributed by atoms with van der Waals surface area (Å²) in [5.41, 5.74) is 1.74. The summed E-state index contributed by atoms with van der Waals surface area (Å²) in [6.45, 7) is 1.72. The Morgan fingerprint density at radius 3 is 2.54 bits per heavy atom. The minimum absolute atomic E-state index is 0.309. The van der Waals surface area contributed by atoms with E-state index < -0.39 is 0 Å². The van der Waals surface area contributed by atoms with Gasteiger partial charge in [0.2, 0.25) is 5.13 Å². The number of rotatable bonds is 6. The van der Waals surface area contributed by atoms with E-state index in [0.717, 1.165) is 15.5 Å². The van der Waals surface area contributed by atoms with E-state index in [1.807, 2.05) is 60.7 Å². The third-order valence-electron chi connectivity index (χ3n) is 3.93. The lowest BCUT2D eigenvalue weighted by molar-refractivity contribution is 0.102. The van der Waals surface area contributed by atoms with Crippen LogP contribution in [0.15, 0.2) is 70.1 Å². The van der Waals surface area contributed by atoms with Crippen molar-refractivity contribution in [2.75, 3.05) is 5.32 Å². The molecule has 2 heterocycles. The number of nitrogens with zero attached hydrogens (tertiary/aromatic N) is 3. The van der Waals surface area contributed by atoms with Crippen LogP contribution in [-0.2, 0) is 5.75 Å². The van der Waals surface area contributed by atoms with Crippen molar-refractivity contribution >= 4 is 34.1 Å². The molecule has 0 aliphatic carbocycles. The fourth-order valence-corrected chi connectivity index (χ4v) is 4.26. The van der Waals surface area contributed by atoms with Gasteiger partial charge in [-0.25, -0.2) is 0 Å². The highest BCUT2D eigenvalue weighted by Gasteiger charge is 2.22. The minimum atomic E-state index is -0.309. The Balaban J connectivity index is 1.46. The first-order valence-corrected chi connectivity index (χ1v) is 10.3. The maximum Gasteiger partial charge on any atom is 0.263 e. The molecule has 0 saturated carbocycles. The molecule has 8 heteroatoms. The van der Waals surface area contributed by atoms with Gasteiger partial charge in [0.1, 0.15) is 22.0 Å². The van der Waals surface area contributed by atoms with Crippen LogP contribution in [0.3, 0.4) is 0 Å². The average Bonchev–Trinajstić information content (AvgIpc) is 3.34. The highest BCUT2D eigenvalue weighted by molar-refractivity contribution is 7.98. The van der Waals surface area contributed by atoms with Gasteiger partial charge in [-0.2, -0.15) is 0 Å². The lowest BCUT2D eigenvalue weighted by atomic mass is 10.1. The lowest BCUT2D eigenvalue weighted by Crippen LogP contribution is -2.13. The zero-order valence-corrected chi connectivity index (χ0v) is 16.6. The number of carbonyl (C=O) groups excluding carboxylic acids is 1. The van der Waals surface area contributed by atoms with Crippen LogP contribution < -0.4 is 5.32 Å². The minimum Gasteiger partial charge on any atom is -0.360 e. The highest BCUT2D eigenvalue weighted by Crippen LogP contribution is 2.28. The van der Waals surface area contributed by atoms with Crippen molar-refractivity contribution in [2.45, 2.75) is 17.6 Å². The zero-order chi connectivity index (χ0) is 19.3. The number of anilines is 1. The number of benzene rings is 2. The molecule has 0 fully saturated rings. The van der Waals surface area contributed by atoms with Gasteiger partial charge in [-0.05, 0) is 19.1 Å². The number of carbonyl (C=O) groups is 1. The van der Waals surface area contributed by atoms with Crippen LogP contribution in [0.4, 0.5) is 5.13 Å². The normalized spacial score (nSPS) is 10.8. The predicted octanol–water partition coefficient (Wildman–Crippen LogP) is 5.05. The summed E-state index contributed by atoms with van der Waals surface area (Å²) in [6, 6.07) is 19.5. The second-order valence-corrected chi connectivity index (χ2v) is 8.00. The summed E-state index contributed by atoms with van der Waals surface area (Å²) in [5.74, 6) is 0.843. The molecule has 28 heavy (non-hydrogen) atoms. The molecule has 0 radical (unpaired) electrons. The molecule has 140 valence electrons. The summed E-state index contributed by atoms with van der Waals surface area (Å²) in [4.78, 5) is 14.0. The summed E-state index contributed by atoms with van der Waals surface area (Å²) < 4.78 is 5.25. The first-order valence-electron chi connectivity index (χ1n) is 8.54. The van der Waals surface area contributed by atoms with Gasteiger partial charge < -0.3 is 4.52 Å². The van der Waals surface area contributed by atoms with E-state index >= 15 is 0 Å². The molecule has 0 atom stereocenters. The molecule has 2 aromatic heterocycles. The van der Waals surface area contributed by atoms with Crippen molar-refractivity contribution in [1.82, 2.24) is 15.4 Å². The maximum absolute atomic E-state index is 12.8. The number of aryl methyl sites for hydroxylation is 1. The predicted molar refractivity (Wildman–Crippen MR) is 111 cm³/mol. The van der Waals surface area contributed by atoms with Crippen molar-refractivity contribution < 1.29 is 9.32 Å². The third-order valence-corrected chi connectivity index (χ3v) is 5.97. The molecule has 2 aromatic carbocycles. The Morgan fingerprint density at radius 1 is 1.07 bits per heavy atom. The molecule has 1 amide bonds. The van der Waals surface area contributed by atoms with Crippen LogP contribution in [0.1, 0.15) is 21.1 Å². The lowest BCUT2D eigenvalue weighted by Gasteiger charge is -2.02. The van der Waals surface area contributed by atoms with Crippen molar-refractivity contribution in [2.24, 2.45) is 0 Å². The zero-order valence-electron chi connectivity index (χ0n) is 15.0. The number of hydrogen-bond donors (Lipinski definition) is 1. The fraction of sp³-hybridized carbons (Fsp3) is 0.100. The number of aromatic nitrogens is 3. The van der Waals surface area contributed by atoms with Crippen molar-refractivity contribution in [3.63, 3.8) is 0 Å². The van der Waals surface area contributed by atoms with E-state index in [9.17, 15) is 4.79 Å². The van der Waals surface area contributed by atoms with Gasteiger partial charge >= 0.3 is 0 Å². The maximum atomic E-state index is 12.8. The number of nitrogens with one attached hydrogen (secondary N) is 1. The largest absolute Gasteiger partial charge is 0.360 e. The van der Waals surface area contributed by atoms with Gasteiger partial charge in [-0.3, -0.25) is 10.1 Å². The average molecular weight is 409 g/mol. The van der Waals surface area contributed by atoms with Gasteiger partial charge in [0, 0.05) is 10.5 Å². The Labute approximate surface area is 170 Å². The Kier molecular flexibility index (Phi) is 5.50. The summed E-state index contributed by atoms with van der Waals surface area (Å²) in [7, 11) is 0. The monoisotopic (exact) mass is 408 g/mol. The molecule has 0 unspecified atom stereocenters. The first-order chi connectivity index (χ1) is 13.7. The van der Waals surface area contributed by atoms with Gasteiger partial charge in [0.25, 0.3) is 5.91 Å². The first kappa shape index (κ1) is 18.4. The Bertz CT molecular complexity index is 1080. The molecule has 4 rings (SSSR count). The van der Waals surface area contributed by atoms with Crippen LogP contribution in [0.25, 0.3) is 11.3 Å². The number of hydrogen-bond acceptors (Lipinski definition) is 7. The van der Waals surface area contributed by atoms with Crippen LogP contribution >= 0.6 is 23.1 Å². The molecule has 4 aromatic rings. The standard InChI is InChI=1S/C20H16N4O2S2/c1-13-17(18(24-26-13)14-8-4-2-5-9-14)19(25)21-20-23-22-16(28-20)12-27-15-10-6-3-7-11-15/h2-11H,12H2,1H3,(H,21,23,25).